The number of nitrogens with one attached hydrogen (secondary N) is 1. The molecule has 0 radical (unpaired) electrons. The average Bonchev–Trinajstić information content (AvgIpc) is 3.28. The number of rotatable bonds is 4. The number of carbonyl (C=O) groups is 1. The number of nitrogens with zero attached hydrogens (tertiary/aromatic N) is 6. The number of amides is 2. The van der Waals surface area contributed by atoms with Gasteiger partial charge in [-0.15, -0.1) is 16.8 Å². The van der Waals surface area contributed by atoms with Gasteiger partial charge in [0.2, 0.25) is 5.95 Å². The molecule has 8 nitrogen and oxygen atoms in total. The van der Waals surface area contributed by atoms with E-state index in [1.807, 2.05) is 23.1 Å². The summed E-state index contributed by atoms with van der Waals surface area (Å²) in [4.78, 5) is 21.8. The van der Waals surface area contributed by atoms with Gasteiger partial charge in [-0.2, -0.15) is 0 Å². The fourth-order valence-electron chi connectivity index (χ4n) is 5.13. The maximum absolute atomic E-state index is 12.5. The Hall–Kier alpha value is -3.16. The van der Waals surface area contributed by atoms with Crippen LogP contribution < -0.4 is 10.2 Å². The van der Waals surface area contributed by atoms with Crippen molar-refractivity contribution in [3.05, 3.63) is 42.7 Å². The zero-order valence-electron chi connectivity index (χ0n) is 18.7. The molecule has 2 aliphatic rings. The minimum absolute atomic E-state index is 0.0409. The molecule has 1 atom stereocenters. The fourth-order valence-corrected chi connectivity index (χ4v) is 5.13. The van der Waals surface area contributed by atoms with Crippen molar-refractivity contribution < 1.29 is 4.79 Å². The SMILES string of the molecule is C=CCNC(=O)N1CCN(c2nc3ccccc3c3nnc(C4CCCCC4)n23)CC1C. The zero-order valence-corrected chi connectivity index (χ0v) is 18.7. The molecular weight excluding hydrogens is 402 g/mol. The molecule has 2 fully saturated rings. The van der Waals surface area contributed by atoms with Crippen LogP contribution in [-0.4, -0.2) is 62.7 Å². The highest BCUT2D eigenvalue weighted by molar-refractivity contribution is 5.92. The van der Waals surface area contributed by atoms with E-state index in [2.05, 4.69) is 44.4 Å². The number of anilines is 1. The summed E-state index contributed by atoms with van der Waals surface area (Å²) in [6, 6.07) is 8.17. The maximum atomic E-state index is 12.5. The van der Waals surface area contributed by atoms with Crippen molar-refractivity contribution >= 4 is 28.5 Å². The molecule has 1 aromatic carbocycles. The van der Waals surface area contributed by atoms with Crippen LogP contribution in [-0.2, 0) is 0 Å². The molecule has 2 amide bonds. The van der Waals surface area contributed by atoms with E-state index < -0.39 is 0 Å². The van der Waals surface area contributed by atoms with Crippen molar-refractivity contribution in [1.29, 1.82) is 0 Å². The number of hydrogen-bond donors (Lipinski definition) is 1. The zero-order chi connectivity index (χ0) is 22.1. The van der Waals surface area contributed by atoms with E-state index in [1.54, 1.807) is 6.08 Å². The van der Waals surface area contributed by atoms with E-state index in [9.17, 15) is 4.79 Å². The molecular formula is C24H31N7O. The van der Waals surface area contributed by atoms with Crippen molar-refractivity contribution in [2.24, 2.45) is 0 Å². The molecule has 1 saturated heterocycles. The van der Waals surface area contributed by atoms with Crippen LogP contribution in [0.15, 0.2) is 36.9 Å². The Labute approximate surface area is 188 Å². The van der Waals surface area contributed by atoms with E-state index in [-0.39, 0.29) is 12.1 Å². The first-order valence-corrected chi connectivity index (χ1v) is 11.7. The second-order valence-electron chi connectivity index (χ2n) is 8.94. The van der Waals surface area contributed by atoms with Gasteiger partial charge in [0.15, 0.2) is 5.65 Å². The van der Waals surface area contributed by atoms with Gasteiger partial charge in [-0.3, -0.25) is 0 Å². The van der Waals surface area contributed by atoms with Gasteiger partial charge >= 0.3 is 6.03 Å². The van der Waals surface area contributed by atoms with Crippen LogP contribution >= 0.6 is 0 Å². The second kappa shape index (κ2) is 8.76. The van der Waals surface area contributed by atoms with E-state index >= 15 is 0 Å². The van der Waals surface area contributed by atoms with E-state index in [0.29, 0.717) is 32.1 Å². The number of urea groups is 1. The standard InChI is InChI=1S/C24H31N7O/c1-3-13-25-24(32)30-15-14-29(16-17(30)2)23-26-20-12-8-7-11-19(20)22-28-27-21(31(22)23)18-9-5-4-6-10-18/h3,7-8,11-12,17-18H,1,4-6,9-10,13-16H2,2H3,(H,25,32). The van der Waals surface area contributed by atoms with Gasteiger partial charge in [0.05, 0.1) is 5.52 Å². The van der Waals surface area contributed by atoms with Crippen LogP contribution in [0, 0.1) is 0 Å². The van der Waals surface area contributed by atoms with Gasteiger partial charge in [0, 0.05) is 43.5 Å². The van der Waals surface area contributed by atoms with Gasteiger partial charge in [-0.05, 0) is 31.9 Å². The topological polar surface area (TPSA) is 78.7 Å². The fraction of sp³-hybridized carbons (Fsp3) is 0.500. The summed E-state index contributed by atoms with van der Waals surface area (Å²) in [6.07, 6.45) is 7.79. The Bertz CT molecular complexity index is 1130. The van der Waals surface area contributed by atoms with E-state index in [4.69, 9.17) is 4.98 Å². The maximum Gasteiger partial charge on any atom is 0.318 e. The molecule has 0 spiro atoms. The molecule has 2 aromatic heterocycles. The van der Waals surface area contributed by atoms with Gasteiger partial charge in [-0.1, -0.05) is 37.5 Å². The van der Waals surface area contributed by atoms with Crippen molar-refractivity contribution in [3.63, 3.8) is 0 Å². The second-order valence-corrected chi connectivity index (χ2v) is 8.94. The summed E-state index contributed by atoms with van der Waals surface area (Å²) in [6.45, 7) is 8.31. The van der Waals surface area contributed by atoms with Gasteiger partial charge in [0.25, 0.3) is 0 Å². The Balaban J connectivity index is 1.53. The minimum Gasteiger partial charge on any atom is -0.338 e. The summed E-state index contributed by atoms with van der Waals surface area (Å²) in [5, 5.41) is 13.2. The average molecular weight is 434 g/mol. The number of benzene rings is 1. The lowest BCUT2D eigenvalue weighted by Crippen LogP contribution is -2.57. The van der Waals surface area contributed by atoms with Crippen LogP contribution in [0.3, 0.4) is 0 Å². The Morgan fingerprint density at radius 2 is 2.00 bits per heavy atom. The van der Waals surface area contributed by atoms with Gasteiger partial charge in [-0.25, -0.2) is 14.2 Å². The molecule has 8 heteroatoms. The van der Waals surface area contributed by atoms with Crippen molar-refractivity contribution in [2.45, 2.75) is 51.0 Å². The molecule has 1 aliphatic carbocycles. The molecule has 1 aliphatic heterocycles. The lowest BCUT2D eigenvalue weighted by molar-refractivity contribution is 0.172. The highest BCUT2D eigenvalue weighted by Gasteiger charge is 2.31. The Morgan fingerprint density at radius 1 is 1.19 bits per heavy atom. The van der Waals surface area contributed by atoms with Crippen molar-refractivity contribution in [3.8, 4) is 0 Å². The molecule has 0 bridgehead atoms. The third kappa shape index (κ3) is 3.67. The molecule has 3 heterocycles. The molecule has 5 rings (SSSR count). The number of carbonyl (C=O) groups excluding carboxylic acids is 1. The molecule has 1 unspecified atom stereocenters. The van der Waals surface area contributed by atoms with Crippen LogP contribution in [0.25, 0.3) is 16.6 Å². The number of fused-ring (bicyclic) bond motifs is 3. The summed E-state index contributed by atoms with van der Waals surface area (Å²) < 4.78 is 2.19. The third-order valence-corrected chi connectivity index (χ3v) is 6.79. The van der Waals surface area contributed by atoms with Crippen LogP contribution in [0.2, 0.25) is 0 Å². The number of para-hydroxylation sites is 1. The molecule has 3 aromatic rings. The highest BCUT2D eigenvalue weighted by Crippen LogP contribution is 2.35. The largest absolute Gasteiger partial charge is 0.338 e. The first-order chi connectivity index (χ1) is 15.7. The normalized spacial score (nSPS) is 20.1. The quantitative estimate of drug-likeness (QED) is 0.634. The summed E-state index contributed by atoms with van der Waals surface area (Å²) >= 11 is 0. The predicted molar refractivity (Wildman–Crippen MR) is 126 cm³/mol. The Morgan fingerprint density at radius 3 is 2.78 bits per heavy atom. The number of hydrogen-bond acceptors (Lipinski definition) is 5. The molecule has 1 N–H and O–H groups in total. The highest BCUT2D eigenvalue weighted by atomic mass is 16.2. The molecule has 32 heavy (non-hydrogen) atoms. The smallest absolute Gasteiger partial charge is 0.318 e. The minimum atomic E-state index is -0.0409. The third-order valence-electron chi connectivity index (χ3n) is 6.79. The molecule has 1 saturated carbocycles. The summed E-state index contributed by atoms with van der Waals surface area (Å²) in [7, 11) is 0. The summed E-state index contributed by atoms with van der Waals surface area (Å²) in [5.74, 6) is 2.35. The number of piperazine rings is 1. The molecule has 168 valence electrons. The monoisotopic (exact) mass is 433 g/mol. The Kier molecular flexibility index (Phi) is 5.68. The lowest BCUT2D eigenvalue weighted by atomic mass is 9.89. The van der Waals surface area contributed by atoms with Crippen molar-refractivity contribution in [2.75, 3.05) is 31.1 Å². The lowest BCUT2D eigenvalue weighted by Gasteiger charge is -2.40. The van der Waals surface area contributed by atoms with Crippen LogP contribution in [0.5, 0.6) is 0 Å². The number of aromatic nitrogens is 4. The first-order valence-electron chi connectivity index (χ1n) is 11.7. The van der Waals surface area contributed by atoms with Gasteiger partial charge in [0.1, 0.15) is 5.82 Å². The van der Waals surface area contributed by atoms with Crippen molar-refractivity contribution in [1.82, 2.24) is 29.8 Å². The summed E-state index contributed by atoms with van der Waals surface area (Å²) in [5.41, 5.74) is 1.81. The van der Waals surface area contributed by atoms with Crippen LogP contribution in [0.1, 0.15) is 50.8 Å². The van der Waals surface area contributed by atoms with Gasteiger partial charge < -0.3 is 15.1 Å². The van der Waals surface area contributed by atoms with E-state index in [1.165, 1.54) is 19.3 Å². The first kappa shape index (κ1) is 20.7. The van der Waals surface area contributed by atoms with Crippen LogP contribution in [0.4, 0.5) is 10.7 Å². The predicted octanol–water partition coefficient (Wildman–Crippen LogP) is 3.73. The van der Waals surface area contributed by atoms with E-state index in [0.717, 1.165) is 41.2 Å².